The van der Waals surface area contributed by atoms with Crippen molar-refractivity contribution < 1.29 is 8.42 Å². The Balaban J connectivity index is 1.73. The first-order chi connectivity index (χ1) is 9.54. The summed E-state index contributed by atoms with van der Waals surface area (Å²) in [6, 6.07) is 6.03. The van der Waals surface area contributed by atoms with E-state index >= 15 is 0 Å². The van der Waals surface area contributed by atoms with E-state index < -0.39 is 10.0 Å². The van der Waals surface area contributed by atoms with E-state index in [-0.39, 0.29) is 11.6 Å². The van der Waals surface area contributed by atoms with E-state index in [1.54, 1.807) is 11.6 Å². The molecular weight excluding hydrogens is 276 g/mol. The summed E-state index contributed by atoms with van der Waals surface area (Å²) in [5.74, 6) is 0. The molecule has 7 heteroatoms. The van der Waals surface area contributed by atoms with Crippen LogP contribution in [-0.2, 0) is 36.7 Å². The molecule has 0 fully saturated rings. The average Bonchev–Trinajstić information content (AvgIpc) is 3.04. The number of rotatable bonds is 4. The lowest BCUT2D eigenvalue weighted by Crippen LogP contribution is -2.23. The molecule has 2 heterocycles. The Labute approximate surface area is 117 Å². The number of nitrogens with one attached hydrogen (secondary N) is 2. The van der Waals surface area contributed by atoms with Crippen molar-refractivity contribution in [2.24, 2.45) is 7.05 Å². The lowest BCUT2D eigenvalue weighted by atomic mass is 10.1. The van der Waals surface area contributed by atoms with Crippen LogP contribution in [0.3, 0.4) is 0 Å². The highest BCUT2D eigenvalue weighted by Crippen LogP contribution is 2.17. The van der Waals surface area contributed by atoms with Crippen LogP contribution in [0.4, 0.5) is 0 Å². The van der Waals surface area contributed by atoms with Crippen molar-refractivity contribution in [1.29, 1.82) is 0 Å². The molecule has 0 amide bonds. The summed E-state index contributed by atoms with van der Waals surface area (Å²) in [4.78, 5) is 3.86. The molecule has 0 aliphatic carbocycles. The van der Waals surface area contributed by atoms with E-state index in [4.69, 9.17) is 0 Å². The summed E-state index contributed by atoms with van der Waals surface area (Å²) in [6.07, 6.45) is 2.95. The molecule has 2 N–H and O–H groups in total. The maximum absolute atomic E-state index is 12.1. The third kappa shape index (κ3) is 2.60. The van der Waals surface area contributed by atoms with Gasteiger partial charge >= 0.3 is 0 Å². The van der Waals surface area contributed by atoms with Crippen molar-refractivity contribution in [2.45, 2.75) is 24.7 Å². The van der Waals surface area contributed by atoms with Gasteiger partial charge in [-0.3, -0.25) is 0 Å². The number of nitrogens with zero attached hydrogens (tertiary/aromatic N) is 2. The van der Waals surface area contributed by atoms with Crippen LogP contribution in [0.1, 0.15) is 16.7 Å². The highest BCUT2D eigenvalue weighted by molar-refractivity contribution is 7.89. The minimum absolute atomic E-state index is 0.0443. The highest BCUT2D eigenvalue weighted by Gasteiger charge is 2.17. The maximum Gasteiger partial charge on any atom is 0.259 e. The third-order valence-electron chi connectivity index (χ3n) is 3.32. The molecule has 2 aromatic rings. The van der Waals surface area contributed by atoms with Crippen LogP contribution in [0, 0.1) is 0 Å². The predicted molar refractivity (Wildman–Crippen MR) is 74.2 cm³/mol. The molecule has 0 bridgehead atoms. The van der Waals surface area contributed by atoms with E-state index in [9.17, 15) is 8.42 Å². The number of hydrogen-bond donors (Lipinski definition) is 2. The summed E-state index contributed by atoms with van der Waals surface area (Å²) in [6.45, 7) is 2.00. The van der Waals surface area contributed by atoms with Gasteiger partial charge < -0.3 is 9.88 Å². The van der Waals surface area contributed by atoms with E-state index in [1.165, 1.54) is 23.7 Å². The Morgan fingerprint density at radius 1 is 1.35 bits per heavy atom. The lowest BCUT2D eigenvalue weighted by molar-refractivity contribution is 0.578. The van der Waals surface area contributed by atoms with Crippen molar-refractivity contribution in [3.8, 4) is 0 Å². The molecule has 1 aromatic heterocycles. The molecule has 1 aromatic carbocycles. The van der Waals surface area contributed by atoms with Crippen LogP contribution in [0.2, 0.25) is 0 Å². The van der Waals surface area contributed by atoms with Gasteiger partial charge in [-0.15, -0.1) is 0 Å². The summed E-state index contributed by atoms with van der Waals surface area (Å²) >= 11 is 0. The summed E-state index contributed by atoms with van der Waals surface area (Å²) in [7, 11) is -1.81. The molecule has 0 spiro atoms. The van der Waals surface area contributed by atoms with Crippen molar-refractivity contribution in [3.05, 3.63) is 47.4 Å². The zero-order chi connectivity index (χ0) is 14.2. The van der Waals surface area contributed by atoms with Crippen LogP contribution in [0.5, 0.6) is 0 Å². The van der Waals surface area contributed by atoms with Crippen molar-refractivity contribution in [2.75, 3.05) is 0 Å². The highest BCUT2D eigenvalue weighted by atomic mass is 32.2. The van der Waals surface area contributed by atoms with Crippen LogP contribution in [-0.4, -0.2) is 18.0 Å². The molecule has 0 saturated heterocycles. The second-order valence-corrected chi connectivity index (χ2v) is 6.62. The molecule has 106 valence electrons. The van der Waals surface area contributed by atoms with Crippen molar-refractivity contribution >= 4 is 10.0 Å². The van der Waals surface area contributed by atoms with Crippen molar-refractivity contribution in [3.63, 3.8) is 0 Å². The van der Waals surface area contributed by atoms with Crippen LogP contribution in [0.25, 0.3) is 0 Å². The molecule has 1 aliphatic rings. The van der Waals surface area contributed by atoms with E-state index in [1.807, 2.05) is 18.2 Å². The standard InChI is InChI=1S/C13H16N4O2S/c1-17-8-13(15-9-17)20(18,19)16-5-10-2-3-11-6-14-7-12(11)4-10/h2-4,8-9,14,16H,5-7H2,1H3. The fourth-order valence-electron chi connectivity index (χ4n) is 2.24. The molecule has 1 aliphatic heterocycles. The number of aryl methyl sites for hydroxylation is 1. The number of benzene rings is 1. The first kappa shape index (κ1) is 13.3. The van der Waals surface area contributed by atoms with Crippen LogP contribution in [0.15, 0.2) is 35.7 Å². The maximum atomic E-state index is 12.1. The van der Waals surface area contributed by atoms with Gasteiger partial charge in [0, 0.05) is 32.9 Å². The van der Waals surface area contributed by atoms with E-state index in [2.05, 4.69) is 15.0 Å². The molecule has 0 unspecified atom stereocenters. The van der Waals surface area contributed by atoms with Gasteiger partial charge in [0.25, 0.3) is 10.0 Å². The van der Waals surface area contributed by atoms with Gasteiger partial charge in [-0.1, -0.05) is 18.2 Å². The number of hydrogen-bond acceptors (Lipinski definition) is 4. The lowest BCUT2D eigenvalue weighted by Gasteiger charge is -2.06. The van der Waals surface area contributed by atoms with Gasteiger partial charge in [0.05, 0.1) is 6.33 Å². The zero-order valence-electron chi connectivity index (χ0n) is 11.1. The fourth-order valence-corrected chi connectivity index (χ4v) is 3.23. The van der Waals surface area contributed by atoms with Gasteiger partial charge in [-0.25, -0.2) is 18.1 Å². The number of aromatic nitrogens is 2. The Bertz CT molecular complexity index is 737. The molecular formula is C13H16N4O2S. The Kier molecular flexibility index (Phi) is 3.33. The molecule has 0 saturated carbocycles. The van der Waals surface area contributed by atoms with Gasteiger partial charge in [0.1, 0.15) is 0 Å². The summed E-state index contributed by atoms with van der Waals surface area (Å²) in [5.41, 5.74) is 3.47. The quantitative estimate of drug-likeness (QED) is 0.860. The monoisotopic (exact) mass is 292 g/mol. The molecule has 6 nitrogen and oxygen atoms in total. The largest absolute Gasteiger partial charge is 0.339 e. The topological polar surface area (TPSA) is 76.0 Å². The number of fused-ring (bicyclic) bond motifs is 1. The van der Waals surface area contributed by atoms with E-state index in [0.29, 0.717) is 0 Å². The minimum atomic E-state index is -3.55. The zero-order valence-corrected chi connectivity index (χ0v) is 11.9. The van der Waals surface area contributed by atoms with Gasteiger partial charge in [0.2, 0.25) is 0 Å². The Morgan fingerprint density at radius 3 is 2.90 bits per heavy atom. The number of sulfonamides is 1. The molecule has 0 radical (unpaired) electrons. The first-order valence-corrected chi connectivity index (χ1v) is 7.82. The van der Waals surface area contributed by atoms with Gasteiger partial charge in [-0.2, -0.15) is 0 Å². The van der Waals surface area contributed by atoms with E-state index in [0.717, 1.165) is 18.7 Å². The second-order valence-electron chi connectivity index (χ2n) is 4.91. The molecule has 0 atom stereocenters. The third-order valence-corrected chi connectivity index (χ3v) is 4.61. The summed E-state index contributed by atoms with van der Waals surface area (Å²) < 4.78 is 28.3. The van der Waals surface area contributed by atoms with Crippen molar-refractivity contribution in [1.82, 2.24) is 19.6 Å². The molecule has 3 rings (SSSR count). The normalized spacial score (nSPS) is 14.4. The first-order valence-electron chi connectivity index (χ1n) is 6.34. The Hall–Kier alpha value is -1.70. The number of imidazole rings is 1. The van der Waals surface area contributed by atoms with Crippen LogP contribution < -0.4 is 10.0 Å². The molecule has 20 heavy (non-hydrogen) atoms. The van der Waals surface area contributed by atoms with Crippen LogP contribution >= 0.6 is 0 Å². The van der Waals surface area contributed by atoms with Gasteiger partial charge in [0.15, 0.2) is 5.03 Å². The fraction of sp³-hybridized carbons (Fsp3) is 0.308. The smallest absolute Gasteiger partial charge is 0.259 e. The Morgan fingerprint density at radius 2 is 2.15 bits per heavy atom. The minimum Gasteiger partial charge on any atom is -0.339 e. The second kappa shape index (κ2) is 5.01. The summed E-state index contributed by atoms with van der Waals surface area (Å²) in [5, 5.41) is 3.31. The average molecular weight is 292 g/mol. The SMILES string of the molecule is Cn1cnc(S(=O)(=O)NCc2ccc3c(c2)CNC3)c1. The van der Waals surface area contributed by atoms with Gasteiger partial charge in [-0.05, 0) is 16.7 Å². The predicted octanol–water partition coefficient (Wildman–Crippen LogP) is 0.502.